The van der Waals surface area contributed by atoms with Crippen LogP contribution in [0.15, 0.2) is 36.8 Å². The second-order valence-electron chi connectivity index (χ2n) is 9.98. The predicted molar refractivity (Wildman–Crippen MR) is 134 cm³/mol. The molecule has 3 aromatic heterocycles. The van der Waals surface area contributed by atoms with Crippen molar-refractivity contribution >= 4 is 16.9 Å². The Morgan fingerprint density at radius 2 is 1.91 bits per heavy atom. The van der Waals surface area contributed by atoms with Crippen molar-refractivity contribution in [1.82, 2.24) is 35.3 Å². The van der Waals surface area contributed by atoms with E-state index in [4.69, 9.17) is 4.74 Å². The lowest BCUT2D eigenvalue weighted by Gasteiger charge is -2.25. The Kier molecular flexibility index (Phi) is 5.76. The third-order valence-electron chi connectivity index (χ3n) is 6.01. The zero-order valence-corrected chi connectivity index (χ0v) is 20.6. The molecule has 0 bridgehead atoms. The van der Waals surface area contributed by atoms with Crippen LogP contribution in [-0.4, -0.2) is 66.8 Å². The Morgan fingerprint density at radius 3 is 2.60 bits per heavy atom. The fourth-order valence-electron chi connectivity index (χ4n) is 4.55. The average Bonchev–Trinajstić information content (AvgIpc) is 3.42. The number of rotatable bonds is 5. The maximum Gasteiger partial charge on any atom is 0.245 e. The maximum atomic E-state index is 10.7. The van der Waals surface area contributed by atoms with Gasteiger partial charge in [-0.2, -0.15) is 5.10 Å². The molecule has 5 rings (SSSR count). The highest BCUT2D eigenvalue weighted by Gasteiger charge is 2.27. The number of anilines is 1. The molecule has 4 heterocycles. The zero-order chi connectivity index (χ0) is 24.7. The van der Waals surface area contributed by atoms with Crippen LogP contribution in [0.1, 0.15) is 27.2 Å². The van der Waals surface area contributed by atoms with E-state index in [1.54, 1.807) is 30.3 Å². The number of nitrogens with one attached hydrogen (secondary N) is 1. The van der Waals surface area contributed by atoms with Gasteiger partial charge in [0.15, 0.2) is 0 Å². The monoisotopic (exact) mass is 474 g/mol. The molecule has 10 heteroatoms. The SMILES string of the molecule is COc1cc(-c2cnc(-c3cnc(N4CC[C@@H](NC(C)(C)C)C4)nn3)c(O)c2)cc2cn(C)nc12. The summed E-state index contributed by atoms with van der Waals surface area (Å²) in [4.78, 5) is 11.1. The van der Waals surface area contributed by atoms with Crippen LogP contribution in [0.3, 0.4) is 0 Å². The van der Waals surface area contributed by atoms with Gasteiger partial charge in [-0.1, -0.05) is 0 Å². The van der Waals surface area contributed by atoms with Crippen molar-refractivity contribution in [3.05, 3.63) is 36.8 Å². The van der Waals surface area contributed by atoms with Crippen LogP contribution in [0.2, 0.25) is 0 Å². The van der Waals surface area contributed by atoms with Crippen molar-refractivity contribution in [2.45, 2.75) is 38.8 Å². The molecule has 1 aliphatic rings. The molecule has 1 aliphatic heterocycles. The van der Waals surface area contributed by atoms with Crippen LogP contribution in [-0.2, 0) is 7.05 Å². The van der Waals surface area contributed by atoms with Crippen LogP contribution in [0.5, 0.6) is 11.5 Å². The van der Waals surface area contributed by atoms with Gasteiger partial charge in [0, 0.05) is 55.1 Å². The average molecular weight is 475 g/mol. The molecular formula is C25H30N8O2. The number of pyridine rings is 1. The van der Waals surface area contributed by atoms with Crippen molar-refractivity contribution < 1.29 is 9.84 Å². The topological polar surface area (TPSA) is 114 Å². The molecule has 1 aromatic carbocycles. The number of aromatic hydroxyl groups is 1. The van der Waals surface area contributed by atoms with Crippen molar-refractivity contribution in [3.8, 4) is 34.0 Å². The van der Waals surface area contributed by atoms with Gasteiger partial charge in [0.2, 0.25) is 5.95 Å². The minimum absolute atomic E-state index is 0.00668. The highest BCUT2D eigenvalue weighted by atomic mass is 16.5. The number of nitrogens with zero attached hydrogens (tertiary/aromatic N) is 7. The molecule has 10 nitrogen and oxygen atoms in total. The molecule has 0 spiro atoms. The van der Waals surface area contributed by atoms with Gasteiger partial charge >= 0.3 is 0 Å². The van der Waals surface area contributed by atoms with E-state index < -0.39 is 0 Å². The largest absolute Gasteiger partial charge is 0.506 e. The number of ether oxygens (including phenoxy) is 1. The van der Waals surface area contributed by atoms with Gasteiger partial charge < -0.3 is 20.1 Å². The molecule has 4 aromatic rings. The third kappa shape index (κ3) is 4.74. The number of fused-ring (bicyclic) bond motifs is 1. The standard InChI is InChI=1S/C25H30N8O2/c1-25(2,3)28-18-6-7-33(14-18)24-27-12-19(29-30-24)23-20(34)9-16(11-26-23)15-8-17-13-32(4)31-22(17)21(10-15)35-5/h8-13,18,28,34H,6-7,14H2,1-5H3/t18-/m1/s1. The van der Waals surface area contributed by atoms with Crippen molar-refractivity contribution in [2.24, 2.45) is 7.05 Å². The summed E-state index contributed by atoms with van der Waals surface area (Å²) in [5.41, 5.74) is 3.22. The Morgan fingerprint density at radius 1 is 1.09 bits per heavy atom. The van der Waals surface area contributed by atoms with Gasteiger partial charge in [-0.15, -0.1) is 10.2 Å². The minimum Gasteiger partial charge on any atom is -0.506 e. The predicted octanol–water partition coefficient (Wildman–Crippen LogP) is 3.17. The van der Waals surface area contributed by atoms with E-state index in [0.29, 0.717) is 29.1 Å². The first-order valence-electron chi connectivity index (χ1n) is 11.6. The van der Waals surface area contributed by atoms with Gasteiger partial charge in [0.1, 0.15) is 28.4 Å². The van der Waals surface area contributed by atoms with E-state index in [0.717, 1.165) is 41.5 Å². The zero-order valence-electron chi connectivity index (χ0n) is 20.6. The van der Waals surface area contributed by atoms with Gasteiger partial charge in [0.25, 0.3) is 0 Å². The number of aromatic nitrogens is 6. The molecule has 0 unspecified atom stereocenters. The van der Waals surface area contributed by atoms with Crippen molar-refractivity contribution in [1.29, 1.82) is 0 Å². The van der Waals surface area contributed by atoms with Crippen LogP contribution in [0, 0.1) is 0 Å². The maximum absolute atomic E-state index is 10.7. The molecule has 1 saturated heterocycles. The molecule has 0 saturated carbocycles. The Labute approximate surface area is 204 Å². The van der Waals surface area contributed by atoms with Gasteiger partial charge in [0.05, 0.1) is 13.3 Å². The quantitative estimate of drug-likeness (QED) is 0.450. The summed E-state index contributed by atoms with van der Waals surface area (Å²) in [6.07, 6.45) is 6.26. The minimum atomic E-state index is 0.00668. The highest BCUT2D eigenvalue weighted by Crippen LogP contribution is 2.34. The molecule has 1 atom stereocenters. The lowest BCUT2D eigenvalue weighted by molar-refractivity contribution is 0.373. The van der Waals surface area contributed by atoms with E-state index in [1.165, 1.54) is 0 Å². The van der Waals surface area contributed by atoms with E-state index >= 15 is 0 Å². The molecule has 0 aliphatic carbocycles. The fourth-order valence-corrected chi connectivity index (χ4v) is 4.55. The molecular weight excluding hydrogens is 444 g/mol. The summed E-state index contributed by atoms with van der Waals surface area (Å²) >= 11 is 0. The molecule has 1 fully saturated rings. The highest BCUT2D eigenvalue weighted by molar-refractivity contribution is 5.90. The summed E-state index contributed by atoms with van der Waals surface area (Å²) in [5.74, 6) is 1.25. The molecule has 0 radical (unpaired) electrons. The van der Waals surface area contributed by atoms with Gasteiger partial charge in [-0.05, 0) is 51.0 Å². The van der Waals surface area contributed by atoms with Crippen molar-refractivity contribution in [2.75, 3.05) is 25.1 Å². The second kappa shape index (κ2) is 8.77. The Balaban J connectivity index is 1.36. The molecule has 0 amide bonds. The van der Waals surface area contributed by atoms with Gasteiger partial charge in [-0.3, -0.25) is 4.68 Å². The number of aryl methyl sites for hydroxylation is 1. The third-order valence-corrected chi connectivity index (χ3v) is 6.01. The lowest BCUT2D eigenvalue weighted by atomic mass is 10.0. The lowest BCUT2D eigenvalue weighted by Crippen LogP contribution is -2.45. The summed E-state index contributed by atoms with van der Waals surface area (Å²) in [5, 5.41) is 28.4. The first-order chi connectivity index (χ1) is 16.7. The van der Waals surface area contributed by atoms with Crippen molar-refractivity contribution in [3.63, 3.8) is 0 Å². The molecule has 182 valence electrons. The number of hydrogen-bond donors (Lipinski definition) is 2. The van der Waals surface area contributed by atoms with Crippen LogP contribution in [0.25, 0.3) is 33.4 Å². The first kappa shape index (κ1) is 23.0. The number of benzene rings is 1. The number of hydrogen-bond acceptors (Lipinski definition) is 9. The number of methoxy groups -OCH3 is 1. The molecule has 35 heavy (non-hydrogen) atoms. The Hall–Kier alpha value is -3.79. The van der Waals surface area contributed by atoms with Crippen LogP contribution in [0.4, 0.5) is 5.95 Å². The fraction of sp³-hybridized carbons (Fsp3) is 0.400. The summed E-state index contributed by atoms with van der Waals surface area (Å²) in [6, 6.07) is 5.94. The summed E-state index contributed by atoms with van der Waals surface area (Å²) in [6.45, 7) is 8.21. The normalized spacial score (nSPS) is 16.3. The van der Waals surface area contributed by atoms with E-state index in [-0.39, 0.29) is 11.3 Å². The van der Waals surface area contributed by atoms with Gasteiger partial charge in [-0.25, -0.2) is 9.97 Å². The second-order valence-corrected chi connectivity index (χ2v) is 9.98. The Bertz CT molecular complexity index is 1360. The van der Waals surface area contributed by atoms with E-state index in [1.807, 2.05) is 25.4 Å². The first-order valence-corrected chi connectivity index (χ1v) is 11.6. The van der Waals surface area contributed by atoms with E-state index in [2.05, 4.69) is 56.3 Å². The van der Waals surface area contributed by atoms with Crippen LogP contribution < -0.4 is 15.0 Å². The summed E-state index contributed by atoms with van der Waals surface area (Å²) in [7, 11) is 3.48. The smallest absolute Gasteiger partial charge is 0.245 e. The summed E-state index contributed by atoms with van der Waals surface area (Å²) < 4.78 is 7.26. The molecule has 2 N–H and O–H groups in total. The van der Waals surface area contributed by atoms with E-state index in [9.17, 15) is 5.11 Å². The van der Waals surface area contributed by atoms with Crippen LogP contribution >= 0.6 is 0 Å².